The summed E-state index contributed by atoms with van der Waals surface area (Å²) in [6, 6.07) is 10.6. The standard InChI is InChI=1S/C14H11ClFNO2/c15-10-5-6-11(13(17)7-10)14(18)19-8-9-3-1-2-4-12(9)16/h1-7H,8,17H2. The van der Waals surface area contributed by atoms with Crippen LogP contribution in [0.1, 0.15) is 15.9 Å². The Bertz CT molecular complexity index is 616. The van der Waals surface area contributed by atoms with E-state index < -0.39 is 11.8 Å². The molecule has 2 aromatic rings. The van der Waals surface area contributed by atoms with Crippen LogP contribution in [0.15, 0.2) is 42.5 Å². The third-order valence-corrected chi connectivity index (χ3v) is 2.79. The second-order valence-electron chi connectivity index (χ2n) is 3.90. The molecule has 0 bridgehead atoms. The summed E-state index contributed by atoms with van der Waals surface area (Å²) in [5.41, 5.74) is 6.41. The van der Waals surface area contributed by atoms with Gasteiger partial charge in [-0.2, -0.15) is 0 Å². The van der Waals surface area contributed by atoms with Crippen LogP contribution in [0.4, 0.5) is 10.1 Å². The summed E-state index contributed by atoms with van der Waals surface area (Å²) in [6.45, 7) is -0.145. The van der Waals surface area contributed by atoms with Crippen LogP contribution in [0.2, 0.25) is 5.02 Å². The number of halogens is 2. The summed E-state index contributed by atoms with van der Waals surface area (Å²) < 4.78 is 18.4. The molecule has 0 aliphatic heterocycles. The number of rotatable bonds is 3. The monoisotopic (exact) mass is 279 g/mol. The Hall–Kier alpha value is -2.07. The van der Waals surface area contributed by atoms with Crippen LogP contribution in [-0.2, 0) is 11.3 Å². The molecule has 98 valence electrons. The number of benzene rings is 2. The first-order valence-electron chi connectivity index (χ1n) is 5.53. The van der Waals surface area contributed by atoms with Gasteiger partial charge in [-0.15, -0.1) is 0 Å². The maximum absolute atomic E-state index is 13.3. The number of hydrogen-bond acceptors (Lipinski definition) is 3. The minimum atomic E-state index is -0.614. The number of anilines is 1. The second-order valence-corrected chi connectivity index (χ2v) is 4.34. The van der Waals surface area contributed by atoms with Crippen molar-refractivity contribution in [2.75, 3.05) is 5.73 Å². The van der Waals surface area contributed by atoms with E-state index in [0.717, 1.165) is 0 Å². The van der Waals surface area contributed by atoms with Crippen molar-refractivity contribution in [2.24, 2.45) is 0 Å². The predicted molar refractivity (Wildman–Crippen MR) is 71.4 cm³/mol. The van der Waals surface area contributed by atoms with Gasteiger partial charge in [0.2, 0.25) is 0 Å². The number of carbonyl (C=O) groups excluding carboxylic acids is 1. The lowest BCUT2D eigenvalue weighted by molar-refractivity contribution is 0.0470. The summed E-state index contributed by atoms with van der Waals surface area (Å²) in [5.74, 6) is -1.03. The van der Waals surface area contributed by atoms with E-state index >= 15 is 0 Å². The first-order valence-corrected chi connectivity index (χ1v) is 5.91. The molecule has 0 amide bonds. The van der Waals surface area contributed by atoms with E-state index in [2.05, 4.69) is 0 Å². The van der Waals surface area contributed by atoms with Crippen molar-refractivity contribution in [2.45, 2.75) is 6.61 Å². The quantitative estimate of drug-likeness (QED) is 0.692. The first kappa shape index (κ1) is 13.4. The van der Waals surface area contributed by atoms with Gasteiger partial charge in [-0.05, 0) is 24.3 Å². The van der Waals surface area contributed by atoms with Crippen LogP contribution < -0.4 is 5.73 Å². The summed E-state index contributed by atoms with van der Waals surface area (Å²) in [6.07, 6.45) is 0. The molecule has 0 aromatic heterocycles. The largest absolute Gasteiger partial charge is 0.457 e. The zero-order valence-electron chi connectivity index (χ0n) is 9.90. The Morgan fingerprint density at radius 2 is 2.00 bits per heavy atom. The van der Waals surface area contributed by atoms with E-state index in [4.69, 9.17) is 22.1 Å². The summed E-state index contributed by atoms with van der Waals surface area (Å²) in [5, 5.41) is 0.433. The van der Waals surface area contributed by atoms with Gasteiger partial charge < -0.3 is 10.5 Å². The fourth-order valence-electron chi connectivity index (χ4n) is 1.56. The lowest BCUT2D eigenvalue weighted by Crippen LogP contribution is -2.08. The highest BCUT2D eigenvalue weighted by Gasteiger charge is 2.12. The molecule has 0 radical (unpaired) electrons. The minimum absolute atomic E-state index is 0.145. The number of ether oxygens (including phenoxy) is 1. The molecule has 2 aromatic carbocycles. The van der Waals surface area contributed by atoms with Crippen molar-refractivity contribution in [3.05, 3.63) is 64.4 Å². The molecular formula is C14H11ClFNO2. The SMILES string of the molecule is Nc1cc(Cl)ccc1C(=O)OCc1ccccc1F. The fourth-order valence-corrected chi connectivity index (χ4v) is 1.74. The number of carbonyl (C=O) groups is 1. The van der Waals surface area contributed by atoms with Crippen molar-refractivity contribution in [3.8, 4) is 0 Å². The van der Waals surface area contributed by atoms with E-state index in [9.17, 15) is 9.18 Å². The number of esters is 1. The van der Waals surface area contributed by atoms with Crippen LogP contribution in [-0.4, -0.2) is 5.97 Å². The molecular weight excluding hydrogens is 269 g/mol. The lowest BCUT2D eigenvalue weighted by Gasteiger charge is -2.08. The molecule has 3 nitrogen and oxygen atoms in total. The average Bonchev–Trinajstić information content (AvgIpc) is 2.37. The zero-order chi connectivity index (χ0) is 13.8. The van der Waals surface area contributed by atoms with E-state index in [1.807, 2.05) is 0 Å². The van der Waals surface area contributed by atoms with E-state index in [-0.39, 0.29) is 17.9 Å². The Balaban J connectivity index is 2.08. The molecule has 0 aliphatic carbocycles. The van der Waals surface area contributed by atoms with Gasteiger partial charge in [0, 0.05) is 16.3 Å². The van der Waals surface area contributed by atoms with E-state index in [0.29, 0.717) is 10.6 Å². The third-order valence-electron chi connectivity index (χ3n) is 2.55. The molecule has 2 N–H and O–H groups in total. The van der Waals surface area contributed by atoms with Gasteiger partial charge in [-0.1, -0.05) is 29.8 Å². The van der Waals surface area contributed by atoms with Gasteiger partial charge in [0.25, 0.3) is 0 Å². The smallest absolute Gasteiger partial charge is 0.340 e. The maximum Gasteiger partial charge on any atom is 0.340 e. The molecule has 0 fully saturated rings. The molecule has 19 heavy (non-hydrogen) atoms. The summed E-state index contributed by atoms with van der Waals surface area (Å²) in [4.78, 5) is 11.8. The number of nitrogens with two attached hydrogens (primary N) is 1. The number of hydrogen-bond donors (Lipinski definition) is 1. The van der Waals surface area contributed by atoms with Gasteiger partial charge in [-0.3, -0.25) is 0 Å². The summed E-state index contributed by atoms with van der Waals surface area (Å²) in [7, 11) is 0. The predicted octanol–water partition coefficient (Wildman–Crippen LogP) is 3.42. The van der Waals surface area contributed by atoms with Crippen LogP contribution >= 0.6 is 11.6 Å². The van der Waals surface area contributed by atoms with Crippen LogP contribution in [0.5, 0.6) is 0 Å². The Labute approximate surface area is 114 Å². The molecule has 0 heterocycles. The van der Waals surface area contributed by atoms with Crippen molar-refractivity contribution in [3.63, 3.8) is 0 Å². The highest BCUT2D eigenvalue weighted by molar-refractivity contribution is 6.31. The molecule has 0 saturated carbocycles. The Morgan fingerprint density at radius 3 is 2.68 bits per heavy atom. The second kappa shape index (κ2) is 5.71. The normalized spacial score (nSPS) is 10.2. The average molecular weight is 280 g/mol. The molecule has 0 unspecified atom stereocenters. The van der Waals surface area contributed by atoms with Gasteiger partial charge in [-0.25, -0.2) is 9.18 Å². The minimum Gasteiger partial charge on any atom is -0.457 e. The molecule has 0 aliphatic rings. The fraction of sp³-hybridized carbons (Fsp3) is 0.0714. The lowest BCUT2D eigenvalue weighted by atomic mass is 10.2. The van der Waals surface area contributed by atoms with Crippen LogP contribution in [0, 0.1) is 5.82 Å². The van der Waals surface area contributed by atoms with Gasteiger partial charge in [0.15, 0.2) is 0 Å². The van der Waals surface area contributed by atoms with Gasteiger partial charge in [0.1, 0.15) is 12.4 Å². The highest BCUT2D eigenvalue weighted by Crippen LogP contribution is 2.19. The molecule has 0 spiro atoms. The van der Waals surface area contributed by atoms with Crippen molar-refractivity contribution in [1.29, 1.82) is 0 Å². The van der Waals surface area contributed by atoms with Gasteiger partial charge >= 0.3 is 5.97 Å². The van der Waals surface area contributed by atoms with Crippen molar-refractivity contribution >= 4 is 23.3 Å². The Morgan fingerprint density at radius 1 is 1.26 bits per heavy atom. The Kier molecular flexibility index (Phi) is 4.02. The topological polar surface area (TPSA) is 52.3 Å². The van der Waals surface area contributed by atoms with Crippen molar-refractivity contribution < 1.29 is 13.9 Å². The molecule has 5 heteroatoms. The summed E-state index contributed by atoms with van der Waals surface area (Å²) >= 11 is 5.73. The number of nitrogen functional groups attached to an aromatic ring is 1. The van der Waals surface area contributed by atoms with Crippen LogP contribution in [0.3, 0.4) is 0 Å². The van der Waals surface area contributed by atoms with E-state index in [1.54, 1.807) is 18.2 Å². The van der Waals surface area contributed by atoms with Gasteiger partial charge in [0.05, 0.1) is 5.56 Å². The van der Waals surface area contributed by atoms with Crippen LogP contribution in [0.25, 0.3) is 0 Å². The molecule has 2 rings (SSSR count). The molecule has 0 saturated heterocycles. The van der Waals surface area contributed by atoms with Crippen molar-refractivity contribution in [1.82, 2.24) is 0 Å². The maximum atomic E-state index is 13.3. The third kappa shape index (κ3) is 3.23. The highest BCUT2D eigenvalue weighted by atomic mass is 35.5. The molecule has 0 atom stereocenters. The first-order chi connectivity index (χ1) is 9.08. The van der Waals surface area contributed by atoms with E-state index in [1.165, 1.54) is 24.3 Å². The zero-order valence-corrected chi connectivity index (χ0v) is 10.7.